The first-order valence-corrected chi connectivity index (χ1v) is 20.5. The molecule has 0 aliphatic carbocycles. The summed E-state index contributed by atoms with van der Waals surface area (Å²) in [6, 6.07) is 71.2. The third kappa shape index (κ3) is 8.24. The molecular weight excluding hydrogens is 777 g/mol. The van der Waals surface area contributed by atoms with Crippen LogP contribution in [0.3, 0.4) is 0 Å². The first-order valence-electron chi connectivity index (χ1n) is 20.5. The second-order valence-electron chi connectivity index (χ2n) is 15.0. The van der Waals surface area contributed by atoms with Gasteiger partial charge in [-0.3, -0.25) is 10.1 Å². The average molecular weight is 813 g/mol. The summed E-state index contributed by atoms with van der Waals surface area (Å²) in [6.45, 7) is 0. The smallest absolute Gasteiger partial charge is 0.258 e. The molecule has 0 saturated heterocycles. The van der Waals surface area contributed by atoms with Crippen molar-refractivity contribution in [1.29, 1.82) is 0 Å². The maximum Gasteiger partial charge on any atom is 0.277 e. The molecule has 10 rings (SSSR count). The van der Waals surface area contributed by atoms with E-state index in [0.29, 0.717) is 34.4 Å². The van der Waals surface area contributed by atoms with Crippen molar-refractivity contribution in [3.8, 4) is 101 Å². The molecule has 0 unspecified atom stereocenters. The molecule has 8 aromatic carbocycles. The Kier molecular flexibility index (Phi) is 10.4. The fourth-order valence-electron chi connectivity index (χ4n) is 7.70. The van der Waals surface area contributed by atoms with Gasteiger partial charge in [-0.15, -0.1) is 0 Å². The summed E-state index contributed by atoms with van der Waals surface area (Å²) in [5, 5.41) is 12.4. The van der Waals surface area contributed by atoms with Crippen LogP contribution in [0.2, 0.25) is 0 Å². The lowest BCUT2D eigenvalue weighted by atomic mass is 9.91. The predicted molar refractivity (Wildman–Crippen MR) is 251 cm³/mol. The second-order valence-corrected chi connectivity index (χ2v) is 15.0. The number of nitrogens with zero attached hydrogens (tertiary/aromatic N) is 6. The summed E-state index contributed by atoms with van der Waals surface area (Å²) in [6.07, 6.45) is 0. The van der Waals surface area contributed by atoms with Crippen LogP contribution in [0.1, 0.15) is 0 Å². The number of hydrogen-bond donors (Lipinski definition) is 0. The Hall–Kier alpha value is -8.75. The average Bonchev–Trinajstić information content (AvgIpc) is 3.37. The zero-order valence-electron chi connectivity index (χ0n) is 33.8. The van der Waals surface area contributed by atoms with Gasteiger partial charge in [-0.1, -0.05) is 170 Å². The number of hydrogen-bond acceptors (Lipinski definition) is 7. The molecule has 8 heteroatoms. The Morgan fingerprint density at radius 3 is 1.08 bits per heavy atom. The van der Waals surface area contributed by atoms with E-state index < -0.39 is 0 Å². The molecule has 8 nitrogen and oxygen atoms in total. The fraction of sp³-hybridized carbons (Fsp3) is 0. The minimum Gasteiger partial charge on any atom is -0.258 e. The third-order valence-corrected chi connectivity index (χ3v) is 10.8. The Balaban J connectivity index is 1.11. The highest BCUT2D eigenvalue weighted by Crippen LogP contribution is 2.39. The van der Waals surface area contributed by atoms with Gasteiger partial charge in [0, 0.05) is 39.4 Å². The molecule has 0 bridgehead atoms. The lowest BCUT2D eigenvalue weighted by Crippen LogP contribution is -2.00. The SMILES string of the molecule is O=[N+]([O-])c1ccccc1-c1cc(-c2cccc(-c3nc(-c4ccccc4)cc(-c4ccccc4)n3)c2)cc(-c2cccc(-c3nc(-c4ccccc4)nc(-c4ccccc4)n3)c2)c1. The molecule has 0 aliphatic heterocycles. The Morgan fingerprint density at radius 2 is 0.619 bits per heavy atom. The van der Waals surface area contributed by atoms with Crippen molar-refractivity contribution in [2.75, 3.05) is 0 Å². The molecule has 0 aliphatic rings. The molecule has 0 saturated carbocycles. The molecule has 0 fully saturated rings. The minimum absolute atomic E-state index is 0.0229. The third-order valence-electron chi connectivity index (χ3n) is 10.8. The van der Waals surface area contributed by atoms with Gasteiger partial charge in [0.1, 0.15) is 0 Å². The maximum absolute atomic E-state index is 12.4. The van der Waals surface area contributed by atoms with Gasteiger partial charge in [0.2, 0.25) is 0 Å². The van der Waals surface area contributed by atoms with E-state index in [-0.39, 0.29) is 10.6 Å². The molecule has 0 spiro atoms. The predicted octanol–water partition coefficient (Wildman–Crippen LogP) is 13.6. The topological polar surface area (TPSA) is 108 Å². The van der Waals surface area contributed by atoms with Crippen LogP contribution in [0, 0.1) is 10.1 Å². The van der Waals surface area contributed by atoms with Crippen molar-refractivity contribution in [2.45, 2.75) is 0 Å². The lowest BCUT2D eigenvalue weighted by Gasteiger charge is -2.14. The molecule has 63 heavy (non-hydrogen) atoms. The zero-order valence-corrected chi connectivity index (χ0v) is 33.8. The summed E-state index contributed by atoms with van der Waals surface area (Å²) in [5.74, 6) is 2.25. The largest absolute Gasteiger partial charge is 0.277 e. The first-order chi connectivity index (χ1) is 31.0. The Morgan fingerprint density at radius 1 is 0.286 bits per heavy atom. The number of para-hydroxylation sites is 1. The molecule has 298 valence electrons. The van der Waals surface area contributed by atoms with Crippen molar-refractivity contribution < 1.29 is 4.92 Å². The number of nitro benzene ring substituents is 1. The van der Waals surface area contributed by atoms with Crippen LogP contribution in [0.25, 0.3) is 101 Å². The second kappa shape index (κ2) is 17.1. The zero-order chi connectivity index (χ0) is 42.5. The monoisotopic (exact) mass is 812 g/mol. The van der Waals surface area contributed by atoms with E-state index in [9.17, 15) is 10.1 Å². The van der Waals surface area contributed by atoms with Crippen molar-refractivity contribution in [3.05, 3.63) is 229 Å². The molecule has 0 amide bonds. The minimum atomic E-state index is -0.334. The van der Waals surface area contributed by atoms with E-state index in [4.69, 9.17) is 24.9 Å². The molecule has 2 heterocycles. The van der Waals surface area contributed by atoms with E-state index >= 15 is 0 Å². The standard InChI is InChI=1S/C55H36N6O2/c62-61(63)51-30-14-13-29-48(51)47-34-45(41-25-15-27-43(31-41)54-56-49(37-17-5-1-6-18-37)36-50(57-54)38-19-7-2-8-20-38)33-46(35-47)42-26-16-28-44(32-42)55-59-52(39-21-9-3-10-22-39)58-53(60-55)40-23-11-4-12-24-40/h1-36H. The van der Waals surface area contributed by atoms with Crippen LogP contribution in [-0.2, 0) is 0 Å². The van der Waals surface area contributed by atoms with Gasteiger partial charge >= 0.3 is 0 Å². The van der Waals surface area contributed by atoms with E-state index in [0.717, 1.165) is 67.0 Å². The van der Waals surface area contributed by atoms with Crippen molar-refractivity contribution in [3.63, 3.8) is 0 Å². The van der Waals surface area contributed by atoms with Gasteiger partial charge in [-0.2, -0.15) is 0 Å². The van der Waals surface area contributed by atoms with E-state index in [1.165, 1.54) is 0 Å². The summed E-state index contributed by atoms with van der Waals surface area (Å²) in [4.78, 5) is 37.1. The summed E-state index contributed by atoms with van der Waals surface area (Å²) < 4.78 is 0. The molecule has 0 radical (unpaired) electrons. The van der Waals surface area contributed by atoms with Crippen LogP contribution in [-0.4, -0.2) is 29.8 Å². The molecule has 0 N–H and O–H groups in total. The molecule has 2 aromatic heterocycles. The van der Waals surface area contributed by atoms with E-state index in [2.05, 4.69) is 18.2 Å². The lowest BCUT2D eigenvalue weighted by molar-refractivity contribution is -0.384. The van der Waals surface area contributed by atoms with Crippen LogP contribution < -0.4 is 0 Å². The van der Waals surface area contributed by atoms with Gasteiger partial charge in [0.25, 0.3) is 5.69 Å². The normalized spacial score (nSPS) is 11.0. The van der Waals surface area contributed by atoms with Gasteiger partial charge in [-0.25, -0.2) is 24.9 Å². The number of aromatic nitrogens is 5. The highest BCUT2D eigenvalue weighted by Gasteiger charge is 2.19. The van der Waals surface area contributed by atoms with E-state index in [1.54, 1.807) is 18.2 Å². The quantitative estimate of drug-likeness (QED) is 0.0999. The van der Waals surface area contributed by atoms with Crippen LogP contribution >= 0.6 is 0 Å². The summed E-state index contributed by atoms with van der Waals surface area (Å²) in [7, 11) is 0. The van der Waals surface area contributed by atoms with Gasteiger partial charge in [0.05, 0.1) is 21.9 Å². The molecular formula is C55H36N6O2. The first kappa shape index (κ1) is 38.5. The van der Waals surface area contributed by atoms with Gasteiger partial charge in [-0.05, 0) is 70.3 Å². The Labute approximate surface area is 364 Å². The highest BCUT2D eigenvalue weighted by atomic mass is 16.6. The summed E-state index contributed by atoms with van der Waals surface area (Å²) in [5.41, 5.74) is 11.8. The Bertz CT molecular complexity index is 2950. The van der Waals surface area contributed by atoms with Crippen molar-refractivity contribution in [1.82, 2.24) is 24.9 Å². The van der Waals surface area contributed by atoms with Crippen LogP contribution in [0.5, 0.6) is 0 Å². The van der Waals surface area contributed by atoms with Gasteiger partial charge < -0.3 is 0 Å². The maximum atomic E-state index is 12.4. The van der Waals surface area contributed by atoms with Crippen LogP contribution in [0.4, 0.5) is 5.69 Å². The fourth-order valence-corrected chi connectivity index (χ4v) is 7.70. The van der Waals surface area contributed by atoms with Crippen molar-refractivity contribution in [2.24, 2.45) is 0 Å². The highest BCUT2D eigenvalue weighted by molar-refractivity contribution is 5.86. The molecule has 0 atom stereocenters. The summed E-state index contributed by atoms with van der Waals surface area (Å²) >= 11 is 0. The number of rotatable bonds is 10. The van der Waals surface area contributed by atoms with Crippen molar-refractivity contribution >= 4 is 5.69 Å². The molecule has 10 aromatic rings. The number of benzene rings is 8. The van der Waals surface area contributed by atoms with Gasteiger partial charge in [0.15, 0.2) is 23.3 Å². The number of nitro groups is 1. The van der Waals surface area contributed by atoms with Crippen LogP contribution in [0.15, 0.2) is 218 Å². The van der Waals surface area contributed by atoms with E-state index in [1.807, 2.05) is 182 Å².